The van der Waals surface area contributed by atoms with Gasteiger partial charge >= 0.3 is 0 Å². The summed E-state index contributed by atoms with van der Waals surface area (Å²) >= 11 is 1.82. The van der Waals surface area contributed by atoms with E-state index in [0.29, 0.717) is 5.92 Å². The van der Waals surface area contributed by atoms with Gasteiger partial charge in [0.2, 0.25) is 0 Å². The number of rotatable bonds is 4. The summed E-state index contributed by atoms with van der Waals surface area (Å²) < 4.78 is 0. The van der Waals surface area contributed by atoms with E-state index >= 15 is 0 Å². The lowest BCUT2D eigenvalue weighted by atomic mass is 10.00. The Morgan fingerprint density at radius 2 is 1.82 bits per heavy atom. The predicted octanol–water partition coefficient (Wildman–Crippen LogP) is 4.26. The summed E-state index contributed by atoms with van der Waals surface area (Å²) in [6.07, 6.45) is 0. The van der Waals surface area contributed by atoms with Crippen LogP contribution in [-0.4, -0.2) is 7.05 Å². The molecule has 2 aromatic rings. The summed E-state index contributed by atoms with van der Waals surface area (Å²) in [5.41, 5.74) is 4.04. The highest BCUT2D eigenvalue weighted by Gasteiger charge is 2.03. The molecule has 0 saturated heterocycles. The largest absolute Gasteiger partial charge is 0.315 e. The molecule has 1 aromatic heterocycles. The summed E-state index contributed by atoms with van der Waals surface area (Å²) in [5.74, 6) is 0.603. The smallest absolute Gasteiger partial charge is 0.0296 e. The second-order valence-corrected chi connectivity index (χ2v) is 5.60. The summed E-state index contributed by atoms with van der Waals surface area (Å²) in [4.78, 5) is 1.38. The maximum Gasteiger partial charge on any atom is 0.0296 e. The van der Waals surface area contributed by atoms with Crippen molar-refractivity contribution in [3.05, 3.63) is 46.2 Å². The number of thiophene rings is 1. The van der Waals surface area contributed by atoms with E-state index in [0.717, 1.165) is 6.54 Å². The third-order valence-electron chi connectivity index (χ3n) is 2.92. The molecule has 1 nitrogen and oxygen atoms in total. The van der Waals surface area contributed by atoms with Crippen LogP contribution < -0.4 is 5.32 Å². The molecule has 0 aliphatic carbocycles. The van der Waals surface area contributed by atoms with Crippen molar-refractivity contribution in [1.82, 2.24) is 5.32 Å². The van der Waals surface area contributed by atoms with Crippen molar-refractivity contribution in [2.24, 2.45) is 0 Å². The molecule has 2 rings (SSSR count). The van der Waals surface area contributed by atoms with Crippen molar-refractivity contribution in [3.8, 4) is 11.1 Å². The van der Waals surface area contributed by atoms with Crippen LogP contribution in [0, 0.1) is 0 Å². The molecule has 0 unspecified atom stereocenters. The number of nitrogens with one attached hydrogen (secondary N) is 1. The Hall–Kier alpha value is -1.12. The molecule has 0 aliphatic rings. The van der Waals surface area contributed by atoms with Crippen LogP contribution in [0.1, 0.15) is 30.2 Å². The van der Waals surface area contributed by atoms with Crippen LogP contribution in [-0.2, 0) is 6.54 Å². The Balaban J connectivity index is 2.21. The van der Waals surface area contributed by atoms with Gasteiger partial charge in [0.1, 0.15) is 0 Å². The van der Waals surface area contributed by atoms with E-state index in [9.17, 15) is 0 Å². The fourth-order valence-corrected chi connectivity index (χ4v) is 2.76. The number of hydrogen-bond acceptors (Lipinski definition) is 2. The van der Waals surface area contributed by atoms with Gasteiger partial charge in [0.25, 0.3) is 0 Å². The molecule has 0 atom stereocenters. The zero-order valence-electron chi connectivity index (χ0n) is 10.7. The average molecular weight is 245 g/mol. The van der Waals surface area contributed by atoms with Gasteiger partial charge in [-0.15, -0.1) is 11.3 Å². The molecule has 1 heterocycles. The average Bonchev–Trinajstić information content (AvgIpc) is 2.78. The maximum absolute atomic E-state index is 3.18. The molecule has 0 amide bonds. The Morgan fingerprint density at radius 1 is 1.12 bits per heavy atom. The van der Waals surface area contributed by atoms with E-state index in [4.69, 9.17) is 0 Å². The van der Waals surface area contributed by atoms with E-state index in [2.05, 4.69) is 54.9 Å². The topological polar surface area (TPSA) is 12.0 Å². The van der Waals surface area contributed by atoms with Crippen LogP contribution in [0.15, 0.2) is 35.7 Å². The highest BCUT2D eigenvalue weighted by Crippen LogP contribution is 2.27. The van der Waals surface area contributed by atoms with Crippen molar-refractivity contribution >= 4 is 11.3 Å². The van der Waals surface area contributed by atoms with Crippen LogP contribution in [0.4, 0.5) is 0 Å². The lowest BCUT2D eigenvalue weighted by molar-refractivity contribution is 0.831. The summed E-state index contributed by atoms with van der Waals surface area (Å²) in [6, 6.07) is 11.2. The lowest BCUT2D eigenvalue weighted by Gasteiger charge is -2.05. The van der Waals surface area contributed by atoms with Gasteiger partial charge in [-0.25, -0.2) is 0 Å². The molecule has 0 fully saturated rings. The highest BCUT2D eigenvalue weighted by atomic mass is 32.1. The quantitative estimate of drug-likeness (QED) is 0.848. The second kappa shape index (κ2) is 5.48. The zero-order chi connectivity index (χ0) is 12.3. The van der Waals surface area contributed by atoms with E-state index in [1.54, 1.807) is 0 Å². The first-order valence-electron chi connectivity index (χ1n) is 6.03. The maximum atomic E-state index is 3.18. The summed E-state index contributed by atoms with van der Waals surface area (Å²) in [6.45, 7) is 5.41. The third-order valence-corrected chi connectivity index (χ3v) is 3.85. The van der Waals surface area contributed by atoms with Crippen LogP contribution in [0.25, 0.3) is 11.1 Å². The van der Waals surface area contributed by atoms with Crippen molar-refractivity contribution in [1.29, 1.82) is 0 Å². The van der Waals surface area contributed by atoms with Crippen LogP contribution in [0.3, 0.4) is 0 Å². The Morgan fingerprint density at radius 3 is 2.41 bits per heavy atom. The summed E-state index contributed by atoms with van der Waals surface area (Å²) in [5, 5.41) is 5.42. The van der Waals surface area contributed by atoms with E-state index in [1.165, 1.54) is 21.6 Å². The molecule has 1 aromatic carbocycles. The van der Waals surface area contributed by atoms with Gasteiger partial charge in [-0.05, 0) is 41.1 Å². The zero-order valence-corrected chi connectivity index (χ0v) is 11.5. The van der Waals surface area contributed by atoms with Crippen molar-refractivity contribution in [2.45, 2.75) is 26.3 Å². The minimum atomic E-state index is 0.603. The van der Waals surface area contributed by atoms with E-state index in [1.807, 2.05) is 18.4 Å². The molecule has 0 spiro atoms. The monoisotopic (exact) mass is 245 g/mol. The lowest BCUT2D eigenvalue weighted by Crippen LogP contribution is -2.02. The van der Waals surface area contributed by atoms with Gasteiger partial charge in [0.15, 0.2) is 0 Å². The molecule has 0 saturated carbocycles. The fourth-order valence-electron chi connectivity index (χ4n) is 1.86. The molecular weight excluding hydrogens is 226 g/mol. The minimum absolute atomic E-state index is 0.603. The van der Waals surface area contributed by atoms with Gasteiger partial charge in [-0.2, -0.15) is 0 Å². The molecular formula is C15H19NS. The first-order valence-corrected chi connectivity index (χ1v) is 6.91. The molecule has 0 radical (unpaired) electrons. The molecule has 0 bridgehead atoms. The van der Waals surface area contributed by atoms with Crippen LogP contribution >= 0.6 is 11.3 Å². The van der Waals surface area contributed by atoms with Gasteiger partial charge in [0.05, 0.1) is 0 Å². The SMILES string of the molecule is CNCc1cc(-c2ccc(C(C)C)cc2)cs1. The molecule has 90 valence electrons. The van der Waals surface area contributed by atoms with Crippen LogP contribution in [0.2, 0.25) is 0 Å². The normalized spacial score (nSPS) is 11.1. The second-order valence-electron chi connectivity index (χ2n) is 4.61. The first-order chi connectivity index (χ1) is 8.20. The van der Waals surface area contributed by atoms with Crippen molar-refractivity contribution in [2.75, 3.05) is 7.05 Å². The minimum Gasteiger partial charge on any atom is -0.315 e. The van der Waals surface area contributed by atoms with Crippen molar-refractivity contribution in [3.63, 3.8) is 0 Å². The number of benzene rings is 1. The first kappa shape index (κ1) is 12.3. The predicted molar refractivity (Wildman–Crippen MR) is 76.6 cm³/mol. The fraction of sp³-hybridized carbons (Fsp3) is 0.333. The van der Waals surface area contributed by atoms with Crippen molar-refractivity contribution < 1.29 is 0 Å². The Kier molecular flexibility index (Phi) is 3.97. The Labute approximate surface area is 108 Å². The summed E-state index contributed by atoms with van der Waals surface area (Å²) in [7, 11) is 1.98. The van der Waals surface area contributed by atoms with Crippen LogP contribution in [0.5, 0.6) is 0 Å². The Bertz CT molecular complexity index is 468. The standard InChI is InChI=1S/C15H19NS/c1-11(2)12-4-6-13(7-5-12)14-8-15(9-16-3)17-10-14/h4-8,10-11,16H,9H2,1-3H3. The van der Waals surface area contributed by atoms with Gasteiger partial charge in [-0.1, -0.05) is 38.1 Å². The van der Waals surface area contributed by atoms with Gasteiger partial charge in [0, 0.05) is 11.4 Å². The highest BCUT2D eigenvalue weighted by molar-refractivity contribution is 7.10. The number of hydrogen-bond donors (Lipinski definition) is 1. The van der Waals surface area contributed by atoms with Gasteiger partial charge < -0.3 is 5.32 Å². The molecule has 0 aliphatic heterocycles. The molecule has 2 heteroatoms. The molecule has 1 N–H and O–H groups in total. The van der Waals surface area contributed by atoms with Gasteiger partial charge in [-0.3, -0.25) is 0 Å². The van der Waals surface area contributed by atoms with E-state index < -0.39 is 0 Å². The third kappa shape index (κ3) is 2.96. The molecule has 17 heavy (non-hydrogen) atoms. The van der Waals surface area contributed by atoms with E-state index in [-0.39, 0.29) is 0 Å².